The summed E-state index contributed by atoms with van der Waals surface area (Å²) in [6, 6.07) is 11.4. The molecule has 0 radical (unpaired) electrons. The molecule has 1 aromatic heterocycles. The van der Waals surface area contributed by atoms with Crippen LogP contribution in [-0.4, -0.2) is 24.1 Å². The van der Waals surface area contributed by atoms with Crippen molar-refractivity contribution in [3.05, 3.63) is 69.4 Å². The minimum Gasteiger partial charge on any atom is -0.326 e. The van der Waals surface area contributed by atoms with Crippen molar-refractivity contribution in [2.45, 2.75) is 18.2 Å². The lowest BCUT2D eigenvalue weighted by atomic mass is 10.1. The smallest absolute Gasteiger partial charge is 0.240 e. The second-order valence-corrected chi connectivity index (χ2v) is 8.84. The van der Waals surface area contributed by atoms with Crippen LogP contribution in [0.5, 0.6) is 0 Å². The molecular weight excluding hydrogens is 468 g/mol. The summed E-state index contributed by atoms with van der Waals surface area (Å²) in [7, 11) is -4.06. The summed E-state index contributed by atoms with van der Waals surface area (Å²) in [6.45, 7) is 1.78. The van der Waals surface area contributed by atoms with Crippen LogP contribution in [0.4, 0.5) is 5.69 Å². The van der Waals surface area contributed by atoms with Gasteiger partial charge in [0.2, 0.25) is 15.9 Å². The summed E-state index contributed by atoms with van der Waals surface area (Å²) in [4.78, 5) is 12.2. The van der Waals surface area contributed by atoms with Crippen LogP contribution < -0.4 is 10.5 Å². The van der Waals surface area contributed by atoms with Gasteiger partial charge in [-0.1, -0.05) is 29.8 Å². The van der Waals surface area contributed by atoms with Crippen molar-refractivity contribution in [3.8, 4) is 5.69 Å². The van der Waals surface area contributed by atoms with Gasteiger partial charge >= 0.3 is 0 Å². The highest BCUT2D eigenvalue weighted by atomic mass is 79.9. The highest BCUT2D eigenvalue weighted by molar-refractivity contribution is 9.10. The summed E-state index contributed by atoms with van der Waals surface area (Å²) in [6.07, 6.45) is 1.69. The maximum absolute atomic E-state index is 12.3. The standard InChI is InChI=1S/C18H16BrClN4O3S/c1-11-14(19)10-24(23-11)16-7-6-13(9-17(16)28(21,26)27)22-18(25)8-12-4-2-3-5-15(12)20/h2-7,9-10H,8H2,1H3,(H,22,25)(H2,21,26,27). The number of hydrogen-bond donors (Lipinski definition) is 2. The summed E-state index contributed by atoms with van der Waals surface area (Å²) in [5.74, 6) is -0.334. The third kappa shape index (κ3) is 4.61. The Morgan fingerprint density at radius 2 is 2.00 bits per heavy atom. The molecule has 0 fully saturated rings. The monoisotopic (exact) mass is 482 g/mol. The molecule has 146 valence electrons. The number of aromatic nitrogens is 2. The lowest BCUT2D eigenvalue weighted by molar-refractivity contribution is -0.115. The molecule has 0 saturated carbocycles. The van der Waals surface area contributed by atoms with E-state index in [0.29, 0.717) is 22.0 Å². The van der Waals surface area contributed by atoms with Gasteiger partial charge in [-0.15, -0.1) is 0 Å². The molecule has 0 aliphatic rings. The first kappa shape index (κ1) is 20.5. The quantitative estimate of drug-likeness (QED) is 0.580. The molecule has 28 heavy (non-hydrogen) atoms. The fourth-order valence-electron chi connectivity index (χ4n) is 2.59. The second-order valence-electron chi connectivity index (χ2n) is 6.05. The molecule has 3 aromatic rings. The number of benzene rings is 2. The number of hydrogen-bond acceptors (Lipinski definition) is 4. The molecule has 1 heterocycles. The summed E-state index contributed by atoms with van der Waals surface area (Å²) in [5.41, 5.74) is 1.94. The van der Waals surface area contributed by atoms with Gasteiger partial charge in [0, 0.05) is 16.9 Å². The maximum Gasteiger partial charge on any atom is 0.240 e. The van der Waals surface area contributed by atoms with E-state index < -0.39 is 10.0 Å². The SMILES string of the molecule is Cc1nn(-c2ccc(NC(=O)Cc3ccccc3Cl)cc2S(N)(=O)=O)cc1Br. The van der Waals surface area contributed by atoms with E-state index in [9.17, 15) is 13.2 Å². The molecule has 0 unspecified atom stereocenters. The Balaban J connectivity index is 1.91. The number of rotatable bonds is 5. The molecule has 0 aliphatic carbocycles. The number of primary sulfonamides is 1. The average molecular weight is 484 g/mol. The number of aryl methyl sites for hydroxylation is 1. The van der Waals surface area contributed by atoms with Gasteiger partial charge in [-0.25, -0.2) is 18.2 Å². The first-order chi connectivity index (χ1) is 13.1. The van der Waals surface area contributed by atoms with E-state index in [-0.39, 0.29) is 22.9 Å². The van der Waals surface area contributed by atoms with Crippen LogP contribution in [0.15, 0.2) is 58.0 Å². The third-order valence-electron chi connectivity index (χ3n) is 3.94. The Morgan fingerprint density at radius 1 is 1.29 bits per heavy atom. The molecule has 1 amide bonds. The first-order valence-electron chi connectivity index (χ1n) is 8.07. The van der Waals surface area contributed by atoms with Crippen LogP contribution >= 0.6 is 27.5 Å². The van der Waals surface area contributed by atoms with Crippen molar-refractivity contribution in [2.75, 3.05) is 5.32 Å². The van der Waals surface area contributed by atoms with Gasteiger partial charge in [0.05, 0.1) is 22.3 Å². The zero-order valence-corrected chi connectivity index (χ0v) is 17.8. The molecule has 3 N–H and O–H groups in total. The van der Waals surface area contributed by atoms with Crippen molar-refractivity contribution < 1.29 is 13.2 Å². The molecular formula is C18H16BrClN4O3S. The van der Waals surface area contributed by atoms with Gasteiger partial charge in [0.15, 0.2) is 0 Å². The van der Waals surface area contributed by atoms with Crippen LogP contribution in [0, 0.1) is 6.92 Å². The van der Waals surface area contributed by atoms with Crippen molar-refractivity contribution >= 4 is 49.1 Å². The second kappa shape index (κ2) is 8.04. The van der Waals surface area contributed by atoms with Gasteiger partial charge < -0.3 is 5.32 Å². The fourth-order valence-corrected chi connectivity index (χ4v) is 3.81. The molecule has 0 spiro atoms. The molecule has 0 aliphatic heterocycles. The summed E-state index contributed by atoms with van der Waals surface area (Å²) in [5, 5.41) is 12.8. The Kier molecular flexibility index (Phi) is 5.90. The van der Waals surface area contributed by atoms with Crippen molar-refractivity contribution in [2.24, 2.45) is 5.14 Å². The topological polar surface area (TPSA) is 107 Å². The number of nitrogens with one attached hydrogen (secondary N) is 1. The fraction of sp³-hybridized carbons (Fsp3) is 0.111. The lowest BCUT2D eigenvalue weighted by Crippen LogP contribution is -2.18. The Labute approximate surface area is 175 Å². The molecule has 2 aromatic carbocycles. The Bertz CT molecular complexity index is 1140. The number of nitrogens with two attached hydrogens (primary N) is 1. The largest absolute Gasteiger partial charge is 0.326 e. The number of amides is 1. The van der Waals surface area contributed by atoms with E-state index in [1.807, 2.05) is 0 Å². The number of halogens is 2. The van der Waals surface area contributed by atoms with Crippen molar-refractivity contribution in [1.29, 1.82) is 0 Å². The van der Waals surface area contributed by atoms with Crippen LogP contribution in [-0.2, 0) is 21.2 Å². The highest BCUT2D eigenvalue weighted by Gasteiger charge is 2.19. The maximum atomic E-state index is 12.3. The number of nitrogens with zero attached hydrogens (tertiary/aromatic N) is 2. The Morgan fingerprint density at radius 3 is 2.61 bits per heavy atom. The van der Waals surface area contributed by atoms with Crippen molar-refractivity contribution in [3.63, 3.8) is 0 Å². The molecule has 0 bridgehead atoms. The van der Waals surface area contributed by atoms with Gasteiger partial charge in [-0.05, 0) is 52.7 Å². The molecule has 10 heteroatoms. The summed E-state index contributed by atoms with van der Waals surface area (Å²) >= 11 is 9.41. The lowest BCUT2D eigenvalue weighted by Gasteiger charge is -2.12. The Hall–Kier alpha value is -2.20. The van der Waals surface area contributed by atoms with Gasteiger partial charge in [-0.2, -0.15) is 5.10 Å². The van der Waals surface area contributed by atoms with E-state index in [1.54, 1.807) is 43.5 Å². The number of sulfonamides is 1. The van der Waals surface area contributed by atoms with Gasteiger partial charge in [0.25, 0.3) is 0 Å². The number of carbonyl (C=O) groups excluding carboxylic acids is 1. The minimum atomic E-state index is -4.06. The number of anilines is 1. The predicted octanol–water partition coefficient (Wildman–Crippen LogP) is 3.43. The zero-order valence-electron chi connectivity index (χ0n) is 14.7. The third-order valence-corrected chi connectivity index (χ3v) is 6.03. The predicted molar refractivity (Wildman–Crippen MR) is 111 cm³/mol. The van der Waals surface area contributed by atoms with Crippen LogP contribution in [0.1, 0.15) is 11.3 Å². The van der Waals surface area contributed by atoms with E-state index in [0.717, 1.165) is 4.47 Å². The van der Waals surface area contributed by atoms with Crippen LogP contribution in [0.25, 0.3) is 5.69 Å². The molecule has 7 nitrogen and oxygen atoms in total. The van der Waals surface area contributed by atoms with Crippen LogP contribution in [0.2, 0.25) is 5.02 Å². The average Bonchev–Trinajstić information content (AvgIpc) is 2.95. The van der Waals surface area contributed by atoms with E-state index in [2.05, 4.69) is 26.3 Å². The minimum absolute atomic E-state index is 0.0530. The van der Waals surface area contributed by atoms with Crippen molar-refractivity contribution in [1.82, 2.24) is 9.78 Å². The van der Waals surface area contributed by atoms with E-state index in [1.165, 1.54) is 16.8 Å². The van der Waals surface area contributed by atoms with Gasteiger partial charge in [-0.3, -0.25) is 4.79 Å². The van der Waals surface area contributed by atoms with E-state index >= 15 is 0 Å². The highest BCUT2D eigenvalue weighted by Crippen LogP contribution is 2.25. The summed E-state index contributed by atoms with van der Waals surface area (Å²) < 4.78 is 26.3. The number of carbonyl (C=O) groups is 1. The van der Waals surface area contributed by atoms with Gasteiger partial charge in [0.1, 0.15) is 4.90 Å². The zero-order chi connectivity index (χ0) is 20.5. The molecule has 0 saturated heterocycles. The first-order valence-corrected chi connectivity index (χ1v) is 10.8. The normalized spacial score (nSPS) is 11.4. The molecule has 0 atom stereocenters. The van der Waals surface area contributed by atoms with E-state index in [4.69, 9.17) is 16.7 Å². The molecule has 3 rings (SSSR count). The van der Waals surface area contributed by atoms with Crippen LogP contribution in [0.3, 0.4) is 0 Å².